The quantitative estimate of drug-likeness (QED) is 0.804. The number of hydrogen-bond donors (Lipinski definition) is 0. The van der Waals surface area contributed by atoms with E-state index in [9.17, 15) is 4.79 Å². The highest BCUT2D eigenvalue weighted by molar-refractivity contribution is 6.30. The summed E-state index contributed by atoms with van der Waals surface area (Å²) in [5.74, 6) is 0.739. The fourth-order valence-corrected chi connectivity index (χ4v) is 2.77. The largest absolute Gasteiger partial charge is 0.487 e. The minimum absolute atomic E-state index is 0.00365. The molecular formula is C16H20ClNO4. The summed E-state index contributed by atoms with van der Waals surface area (Å²) in [6.45, 7) is 2.60. The molecule has 5 nitrogen and oxygen atoms in total. The zero-order valence-electron chi connectivity index (χ0n) is 12.4. The van der Waals surface area contributed by atoms with E-state index in [0.29, 0.717) is 24.7 Å². The summed E-state index contributed by atoms with van der Waals surface area (Å²) >= 11 is 5.91. The second kappa shape index (κ2) is 7.31. The molecule has 0 radical (unpaired) electrons. The first kappa shape index (κ1) is 15.6. The number of hydrogen-bond acceptors (Lipinski definition) is 4. The maximum Gasteiger partial charge on any atom is 0.248 e. The first-order valence-electron chi connectivity index (χ1n) is 7.60. The molecule has 1 atom stereocenters. The number of halogens is 1. The Labute approximate surface area is 135 Å². The predicted molar refractivity (Wildman–Crippen MR) is 82.2 cm³/mol. The van der Waals surface area contributed by atoms with E-state index in [-0.39, 0.29) is 24.7 Å². The van der Waals surface area contributed by atoms with Gasteiger partial charge >= 0.3 is 0 Å². The number of nitrogens with zero attached hydrogens (tertiary/aromatic N) is 1. The van der Waals surface area contributed by atoms with E-state index in [0.717, 1.165) is 25.2 Å². The Morgan fingerprint density at radius 3 is 3.00 bits per heavy atom. The minimum Gasteiger partial charge on any atom is -0.487 e. The summed E-state index contributed by atoms with van der Waals surface area (Å²) in [5.41, 5.74) is 0. The van der Waals surface area contributed by atoms with Crippen molar-refractivity contribution in [3.05, 3.63) is 29.3 Å². The molecule has 2 fully saturated rings. The summed E-state index contributed by atoms with van der Waals surface area (Å²) in [6.07, 6.45) is 2.29. The summed E-state index contributed by atoms with van der Waals surface area (Å²) in [6, 6.07) is 7.28. The fourth-order valence-electron chi connectivity index (χ4n) is 2.59. The number of likely N-dealkylation sites (tertiary alicyclic amines) is 1. The van der Waals surface area contributed by atoms with Crippen LogP contribution in [0.25, 0.3) is 0 Å². The third-order valence-electron chi connectivity index (χ3n) is 3.85. The molecule has 1 aromatic carbocycles. The van der Waals surface area contributed by atoms with Crippen LogP contribution in [-0.2, 0) is 14.3 Å². The Kier molecular flexibility index (Phi) is 5.18. The molecule has 0 saturated carbocycles. The molecule has 2 aliphatic heterocycles. The second-order valence-corrected chi connectivity index (χ2v) is 6.08. The number of ether oxygens (including phenoxy) is 3. The Morgan fingerprint density at radius 1 is 1.41 bits per heavy atom. The van der Waals surface area contributed by atoms with Crippen molar-refractivity contribution >= 4 is 17.5 Å². The van der Waals surface area contributed by atoms with Gasteiger partial charge in [0.25, 0.3) is 0 Å². The average molecular weight is 326 g/mol. The normalized spacial score (nSPS) is 21.7. The van der Waals surface area contributed by atoms with Crippen LogP contribution in [-0.4, -0.2) is 55.9 Å². The van der Waals surface area contributed by atoms with Crippen molar-refractivity contribution in [3.63, 3.8) is 0 Å². The van der Waals surface area contributed by atoms with E-state index in [4.69, 9.17) is 25.8 Å². The van der Waals surface area contributed by atoms with E-state index in [1.54, 1.807) is 17.0 Å². The van der Waals surface area contributed by atoms with Crippen molar-refractivity contribution < 1.29 is 19.0 Å². The maximum atomic E-state index is 11.9. The Balaban J connectivity index is 1.33. The molecular weight excluding hydrogens is 306 g/mol. The van der Waals surface area contributed by atoms with Gasteiger partial charge in [0.15, 0.2) is 0 Å². The van der Waals surface area contributed by atoms with Crippen LogP contribution in [0, 0.1) is 0 Å². The van der Waals surface area contributed by atoms with Gasteiger partial charge in [-0.25, -0.2) is 0 Å². The first-order valence-corrected chi connectivity index (χ1v) is 7.98. The molecule has 2 aliphatic rings. The summed E-state index contributed by atoms with van der Waals surface area (Å²) < 4.78 is 16.6. The van der Waals surface area contributed by atoms with Gasteiger partial charge in [-0.05, 0) is 31.0 Å². The first-order chi connectivity index (χ1) is 10.7. The highest BCUT2D eigenvalue weighted by Gasteiger charge is 2.32. The fraction of sp³-hybridized carbons (Fsp3) is 0.562. The lowest BCUT2D eigenvalue weighted by atomic mass is 10.1. The smallest absolute Gasteiger partial charge is 0.248 e. The molecule has 1 unspecified atom stereocenters. The SMILES string of the molecule is O=C(COCC1CCCO1)N1CC(Oc2cccc(Cl)c2)C1. The third kappa shape index (κ3) is 4.12. The summed E-state index contributed by atoms with van der Waals surface area (Å²) in [7, 11) is 0. The monoisotopic (exact) mass is 325 g/mol. The average Bonchev–Trinajstić information content (AvgIpc) is 2.95. The Bertz CT molecular complexity index is 513. The lowest BCUT2D eigenvalue weighted by Gasteiger charge is -2.38. The van der Waals surface area contributed by atoms with Crippen molar-refractivity contribution in [1.29, 1.82) is 0 Å². The van der Waals surface area contributed by atoms with Gasteiger partial charge in [0.1, 0.15) is 18.5 Å². The van der Waals surface area contributed by atoms with Gasteiger partial charge in [-0.2, -0.15) is 0 Å². The highest BCUT2D eigenvalue weighted by atomic mass is 35.5. The van der Waals surface area contributed by atoms with Crippen molar-refractivity contribution in [2.45, 2.75) is 25.0 Å². The number of benzene rings is 1. The summed E-state index contributed by atoms with van der Waals surface area (Å²) in [4.78, 5) is 13.7. The van der Waals surface area contributed by atoms with Gasteiger partial charge in [0, 0.05) is 11.6 Å². The van der Waals surface area contributed by atoms with E-state index in [2.05, 4.69) is 0 Å². The number of carbonyl (C=O) groups excluding carboxylic acids is 1. The van der Waals surface area contributed by atoms with Crippen molar-refractivity contribution in [2.24, 2.45) is 0 Å². The lowest BCUT2D eigenvalue weighted by molar-refractivity contribution is -0.146. The van der Waals surface area contributed by atoms with Crippen molar-refractivity contribution in [1.82, 2.24) is 4.90 Å². The number of amides is 1. The second-order valence-electron chi connectivity index (χ2n) is 5.65. The van der Waals surface area contributed by atoms with Crippen LogP contribution in [0.4, 0.5) is 0 Å². The Hall–Kier alpha value is -1.30. The molecule has 1 aromatic rings. The van der Waals surface area contributed by atoms with Crippen molar-refractivity contribution in [3.8, 4) is 5.75 Å². The van der Waals surface area contributed by atoms with Gasteiger partial charge in [-0.15, -0.1) is 0 Å². The standard InChI is InChI=1S/C16H20ClNO4/c17-12-3-1-4-13(7-12)22-15-8-18(9-15)16(19)11-20-10-14-5-2-6-21-14/h1,3-4,7,14-15H,2,5-6,8-11H2. The molecule has 120 valence electrons. The van der Waals surface area contributed by atoms with Crippen LogP contribution < -0.4 is 4.74 Å². The molecule has 22 heavy (non-hydrogen) atoms. The Morgan fingerprint density at radius 2 is 2.27 bits per heavy atom. The molecule has 0 aliphatic carbocycles. The zero-order chi connectivity index (χ0) is 15.4. The van der Waals surface area contributed by atoms with E-state index >= 15 is 0 Å². The molecule has 6 heteroatoms. The van der Waals surface area contributed by atoms with Gasteiger partial charge in [0.05, 0.1) is 25.8 Å². The molecule has 0 spiro atoms. The molecule has 0 N–H and O–H groups in total. The maximum absolute atomic E-state index is 11.9. The van der Waals surface area contributed by atoms with Crippen LogP contribution in [0.2, 0.25) is 5.02 Å². The van der Waals surface area contributed by atoms with Crippen LogP contribution in [0.15, 0.2) is 24.3 Å². The highest BCUT2D eigenvalue weighted by Crippen LogP contribution is 2.21. The van der Waals surface area contributed by atoms with Gasteiger partial charge < -0.3 is 19.1 Å². The molecule has 0 bridgehead atoms. The third-order valence-corrected chi connectivity index (χ3v) is 4.09. The van der Waals surface area contributed by atoms with Crippen LogP contribution in [0.5, 0.6) is 5.75 Å². The van der Waals surface area contributed by atoms with E-state index in [1.165, 1.54) is 0 Å². The number of carbonyl (C=O) groups is 1. The molecule has 0 aromatic heterocycles. The number of rotatable bonds is 6. The lowest BCUT2D eigenvalue weighted by Crippen LogP contribution is -2.57. The van der Waals surface area contributed by atoms with Gasteiger partial charge in [-0.1, -0.05) is 17.7 Å². The zero-order valence-corrected chi connectivity index (χ0v) is 13.1. The van der Waals surface area contributed by atoms with E-state index in [1.807, 2.05) is 12.1 Å². The van der Waals surface area contributed by atoms with Crippen LogP contribution in [0.3, 0.4) is 0 Å². The van der Waals surface area contributed by atoms with Gasteiger partial charge in [0.2, 0.25) is 5.91 Å². The predicted octanol–water partition coefficient (Wildman–Crippen LogP) is 2.13. The van der Waals surface area contributed by atoms with Crippen molar-refractivity contribution in [2.75, 3.05) is 32.9 Å². The summed E-state index contributed by atoms with van der Waals surface area (Å²) in [5, 5.41) is 0.646. The molecule has 2 saturated heterocycles. The molecule has 3 rings (SSSR count). The van der Waals surface area contributed by atoms with E-state index < -0.39 is 0 Å². The topological polar surface area (TPSA) is 48.0 Å². The van der Waals surface area contributed by atoms with Gasteiger partial charge in [-0.3, -0.25) is 4.79 Å². The molecule has 1 amide bonds. The van der Waals surface area contributed by atoms with Crippen LogP contribution >= 0.6 is 11.6 Å². The van der Waals surface area contributed by atoms with Crippen LogP contribution in [0.1, 0.15) is 12.8 Å². The molecule has 2 heterocycles. The minimum atomic E-state index is 0.00365.